The van der Waals surface area contributed by atoms with Crippen LogP contribution < -0.4 is 15.0 Å². The van der Waals surface area contributed by atoms with Gasteiger partial charge in [-0.2, -0.15) is 0 Å². The van der Waals surface area contributed by atoms with Crippen LogP contribution in [0.3, 0.4) is 0 Å². The molecule has 1 amide bonds. The minimum absolute atomic E-state index is 0.118. The molecular weight excluding hydrogens is 369 g/mol. The second kappa shape index (κ2) is 9.74. The van der Waals surface area contributed by atoms with Crippen LogP contribution in [0.4, 0.5) is 10.1 Å². The fourth-order valence-corrected chi connectivity index (χ4v) is 3.86. The molecule has 0 aromatic heterocycles. The molecule has 0 saturated carbocycles. The molecule has 0 spiro atoms. The third kappa shape index (κ3) is 5.26. The van der Waals surface area contributed by atoms with Crippen molar-refractivity contribution in [3.8, 4) is 5.75 Å². The average Bonchev–Trinajstić information content (AvgIpc) is 2.74. The highest BCUT2D eigenvalue weighted by molar-refractivity contribution is 5.80. The van der Waals surface area contributed by atoms with Crippen molar-refractivity contribution < 1.29 is 13.9 Å². The van der Waals surface area contributed by atoms with Crippen molar-refractivity contribution in [2.75, 3.05) is 44.7 Å². The molecule has 1 fully saturated rings. The first-order valence-electron chi connectivity index (χ1n) is 10.2. The maximum absolute atomic E-state index is 14.0. The van der Waals surface area contributed by atoms with Gasteiger partial charge >= 0.3 is 0 Å². The summed E-state index contributed by atoms with van der Waals surface area (Å²) >= 11 is 0. The predicted molar refractivity (Wildman–Crippen MR) is 114 cm³/mol. The lowest BCUT2D eigenvalue weighted by Gasteiger charge is -2.37. The highest BCUT2D eigenvalue weighted by Gasteiger charge is 2.22. The number of hydrogen-bond acceptors (Lipinski definition) is 4. The van der Waals surface area contributed by atoms with Crippen LogP contribution in [-0.2, 0) is 11.2 Å². The molecule has 1 saturated heterocycles. The standard InChI is InChI=1S/C23H30FN3O2/c1-4-26-11-13-27(14-12-26)21-10-9-19(24)16-20(21)17(2)25-23(28)15-18-7-5-6-8-22(18)29-3/h5-10,16-17H,4,11-15H2,1-3H3,(H,25,28). The summed E-state index contributed by atoms with van der Waals surface area (Å²) in [4.78, 5) is 17.3. The minimum atomic E-state index is -0.299. The van der Waals surface area contributed by atoms with Crippen molar-refractivity contribution in [1.82, 2.24) is 10.2 Å². The molecule has 1 unspecified atom stereocenters. The van der Waals surface area contributed by atoms with Gasteiger partial charge < -0.3 is 19.9 Å². The van der Waals surface area contributed by atoms with Gasteiger partial charge in [-0.3, -0.25) is 4.79 Å². The summed E-state index contributed by atoms with van der Waals surface area (Å²) in [5, 5.41) is 3.02. The molecule has 0 aliphatic carbocycles. The van der Waals surface area contributed by atoms with E-state index in [1.54, 1.807) is 7.11 Å². The van der Waals surface area contributed by atoms with Crippen LogP contribution in [0.2, 0.25) is 0 Å². The van der Waals surface area contributed by atoms with Gasteiger partial charge in [0.15, 0.2) is 0 Å². The van der Waals surface area contributed by atoms with Crippen LogP contribution in [0.1, 0.15) is 31.0 Å². The van der Waals surface area contributed by atoms with Gasteiger partial charge in [0, 0.05) is 43.0 Å². The summed E-state index contributed by atoms with van der Waals surface area (Å²) in [6.45, 7) is 8.88. The molecule has 3 rings (SSSR count). The number of likely N-dealkylation sites (N-methyl/N-ethyl adjacent to an activating group) is 1. The molecule has 1 heterocycles. The van der Waals surface area contributed by atoms with Gasteiger partial charge in [-0.05, 0) is 37.7 Å². The number of methoxy groups -OCH3 is 1. The lowest BCUT2D eigenvalue weighted by molar-refractivity contribution is -0.121. The quantitative estimate of drug-likeness (QED) is 0.775. The Morgan fingerprint density at radius 1 is 1.17 bits per heavy atom. The van der Waals surface area contributed by atoms with Gasteiger partial charge in [0.25, 0.3) is 0 Å². The number of piperazine rings is 1. The van der Waals surface area contributed by atoms with E-state index in [0.29, 0.717) is 5.75 Å². The highest BCUT2D eigenvalue weighted by atomic mass is 19.1. The Morgan fingerprint density at radius 2 is 1.90 bits per heavy atom. The van der Waals surface area contributed by atoms with Crippen molar-refractivity contribution in [2.24, 2.45) is 0 Å². The molecule has 1 N–H and O–H groups in total. The van der Waals surface area contributed by atoms with Crippen LogP contribution >= 0.6 is 0 Å². The number of nitrogens with one attached hydrogen (secondary N) is 1. The maximum Gasteiger partial charge on any atom is 0.225 e. The Morgan fingerprint density at radius 3 is 2.59 bits per heavy atom. The van der Waals surface area contributed by atoms with Gasteiger partial charge in [0.1, 0.15) is 11.6 Å². The van der Waals surface area contributed by atoms with Gasteiger partial charge in [-0.1, -0.05) is 25.1 Å². The molecule has 5 nitrogen and oxygen atoms in total. The number of benzene rings is 2. The first-order chi connectivity index (χ1) is 14.0. The Balaban J connectivity index is 1.72. The summed E-state index contributed by atoms with van der Waals surface area (Å²) in [7, 11) is 1.59. The number of carbonyl (C=O) groups is 1. The van der Waals surface area contributed by atoms with E-state index in [1.165, 1.54) is 12.1 Å². The summed E-state index contributed by atoms with van der Waals surface area (Å²) in [6.07, 6.45) is 0.216. The van der Waals surface area contributed by atoms with Crippen molar-refractivity contribution in [3.05, 3.63) is 59.4 Å². The number of amides is 1. The Kier molecular flexibility index (Phi) is 7.09. The van der Waals surface area contributed by atoms with Gasteiger partial charge in [-0.25, -0.2) is 4.39 Å². The second-order valence-electron chi connectivity index (χ2n) is 7.40. The van der Waals surface area contributed by atoms with E-state index in [1.807, 2.05) is 37.3 Å². The van der Waals surface area contributed by atoms with E-state index >= 15 is 0 Å². The van der Waals surface area contributed by atoms with Crippen LogP contribution in [0.5, 0.6) is 5.75 Å². The average molecular weight is 400 g/mol. The van der Waals surface area contributed by atoms with Crippen molar-refractivity contribution >= 4 is 11.6 Å². The monoisotopic (exact) mass is 399 g/mol. The summed E-state index contributed by atoms with van der Waals surface area (Å²) in [5.41, 5.74) is 2.63. The highest BCUT2D eigenvalue weighted by Crippen LogP contribution is 2.28. The van der Waals surface area contributed by atoms with Gasteiger partial charge in [0.05, 0.1) is 19.6 Å². The molecule has 1 aliphatic heterocycles. The first-order valence-corrected chi connectivity index (χ1v) is 10.2. The molecule has 1 atom stereocenters. The summed E-state index contributed by atoms with van der Waals surface area (Å²) in [6, 6.07) is 12.0. The maximum atomic E-state index is 14.0. The number of ether oxygens (including phenoxy) is 1. The number of hydrogen-bond donors (Lipinski definition) is 1. The topological polar surface area (TPSA) is 44.8 Å². The number of carbonyl (C=O) groups excluding carboxylic acids is 1. The van der Waals surface area contributed by atoms with Gasteiger partial charge in [-0.15, -0.1) is 0 Å². The minimum Gasteiger partial charge on any atom is -0.496 e. The summed E-state index contributed by atoms with van der Waals surface area (Å²) < 4.78 is 19.3. The molecule has 0 bridgehead atoms. The number of rotatable bonds is 7. The molecule has 2 aromatic carbocycles. The third-order valence-electron chi connectivity index (χ3n) is 5.54. The fraction of sp³-hybridized carbons (Fsp3) is 0.435. The molecule has 1 aliphatic rings. The Labute approximate surface area is 172 Å². The lowest BCUT2D eigenvalue weighted by Crippen LogP contribution is -2.46. The van der Waals surface area contributed by atoms with Gasteiger partial charge in [0.2, 0.25) is 5.91 Å². The lowest BCUT2D eigenvalue weighted by atomic mass is 10.0. The van der Waals surface area contributed by atoms with Crippen molar-refractivity contribution in [1.29, 1.82) is 0 Å². The molecule has 2 aromatic rings. The normalized spacial score (nSPS) is 15.8. The number of anilines is 1. The van der Waals surface area contributed by atoms with E-state index in [9.17, 15) is 9.18 Å². The molecular formula is C23H30FN3O2. The number of para-hydroxylation sites is 1. The van der Waals surface area contributed by atoms with E-state index in [-0.39, 0.29) is 24.2 Å². The Hall–Kier alpha value is -2.60. The number of nitrogens with zero attached hydrogens (tertiary/aromatic N) is 2. The molecule has 0 radical (unpaired) electrons. The van der Waals surface area contributed by atoms with E-state index in [2.05, 4.69) is 22.0 Å². The van der Waals surface area contributed by atoms with Crippen LogP contribution in [0.15, 0.2) is 42.5 Å². The zero-order valence-electron chi connectivity index (χ0n) is 17.5. The first kappa shape index (κ1) is 21.1. The zero-order chi connectivity index (χ0) is 20.8. The van der Waals surface area contributed by atoms with Crippen LogP contribution in [0.25, 0.3) is 0 Å². The zero-order valence-corrected chi connectivity index (χ0v) is 17.5. The molecule has 29 heavy (non-hydrogen) atoms. The van der Waals surface area contributed by atoms with Crippen molar-refractivity contribution in [3.63, 3.8) is 0 Å². The number of halogens is 1. The SMILES string of the molecule is CCN1CCN(c2ccc(F)cc2C(C)NC(=O)Cc2ccccc2OC)CC1. The molecule has 156 valence electrons. The van der Waals surface area contributed by atoms with E-state index in [4.69, 9.17) is 4.74 Å². The second-order valence-corrected chi connectivity index (χ2v) is 7.40. The fourth-order valence-electron chi connectivity index (χ4n) is 3.86. The smallest absolute Gasteiger partial charge is 0.225 e. The van der Waals surface area contributed by atoms with Crippen LogP contribution in [0, 0.1) is 5.82 Å². The van der Waals surface area contributed by atoms with Crippen molar-refractivity contribution in [2.45, 2.75) is 26.3 Å². The molecule has 6 heteroatoms. The van der Waals surface area contributed by atoms with E-state index < -0.39 is 0 Å². The Bertz CT molecular complexity index is 835. The van der Waals surface area contributed by atoms with Crippen LogP contribution in [-0.4, -0.2) is 50.6 Å². The van der Waals surface area contributed by atoms with E-state index in [0.717, 1.165) is 49.5 Å². The largest absolute Gasteiger partial charge is 0.496 e. The predicted octanol–water partition coefficient (Wildman–Crippen LogP) is 3.40. The summed E-state index contributed by atoms with van der Waals surface area (Å²) in [5.74, 6) is 0.283. The third-order valence-corrected chi connectivity index (χ3v) is 5.54.